The first kappa shape index (κ1) is 13.0. The van der Waals surface area contributed by atoms with E-state index in [4.69, 9.17) is 0 Å². The summed E-state index contributed by atoms with van der Waals surface area (Å²) < 4.78 is 0. The first-order valence-corrected chi connectivity index (χ1v) is 6.16. The molecule has 1 aromatic heterocycles. The predicted octanol–water partition coefficient (Wildman–Crippen LogP) is 0.554. The summed E-state index contributed by atoms with van der Waals surface area (Å²) in [6.07, 6.45) is 1.50. The maximum absolute atomic E-state index is 12.3. The normalized spacial score (nSPS) is 13.5. The maximum atomic E-state index is 12.3. The molecule has 0 unspecified atom stereocenters. The van der Waals surface area contributed by atoms with E-state index in [0.29, 0.717) is 0 Å². The number of carboxylic acid groups (broad SMARTS) is 1. The highest BCUT2D eigenvalue weighted by atomic mass is 16.4. The number of fused-ring (bicyclic) bond motifs is 1. The number of amides is 2. The summed E-state index contributed by atoms with van der Waals surface area (Å²) in [6, 6.07) is 7.07. The van der Waals surface area contributed by atoms with Crippen LogP contribution < -0.4 is 10.0 Å². The van der Waals surface area contributed by atoms with Crippen molar-refractivity contribution in [3.63, 3.8) is 0 Å². The Balaban J connectivity index is 2.10. The minimum Gasteiger partial charge on any atom is -0.545 e. The number of rotatable bonds is 2. The largest absolute Gasteiger partial charge is 0.545 e. The van der Waals surface area contributed by atoms with Crippen LogP contribution in [0.15, 0.2) is 36.5 Å². The van der Waals surface area contributed by atoms with E-state index in [2.05, 4.69) is 4.98 Å². The van der Waals surface area contributed by atoms with Gasteiger partial charge in [-0.2, -0.15) is 0 Å². The van der Waals surface area contributed by atoms with Gasteiger partial charge in [0, 0.05) is 6.20 Å². The smallest absolute Gasteiger partial charge is 0.267 e. The number of carboxylic acids is 1. The van der Waals surface area contributed by atoms with Gasteiger partial charge in [0.2, 0.25) is 0 Å². The molecular formula is C15H9N2O4-. The minimum atomic E-state index is -1.40. The van der Waals surface area contributed by atoms with E-state index in [0.717, 1.165) is 16.5 Å². The van der Waals surface area contributed by atoms with E-state index in [1.165, 1.54) is 18.3 Å². The second-order valence-corrected chi connectivity index (χ2v) is 4.68. The molecule has 2 aromatic rings. The van der Waals surface area contributed by atoms with Gasteiger partial charge in [0.1, 0.15) is 5.82 Å². The molecule has 0 fully saturated rings. The van der Waals surface area contributed by atoms with E-state index in [1.54, 1.807) is 12.1 Å². The van der Waals surface area contributed by atoms with Crippen LogP contribution in [0.5, 0.6) is 0 Å². The molecule has 0 spiro atoms. The zero-order valence-electron chi connectivity index (χ0n) is 11.0. The van der Waals surface area contributed by atoms with Crippen LogP contribution in [-0.4, -0.2) is 22.8 Å². The fourth-order valence-electron chi connectivity index (χ4n) is 2.22. The van der Waals surface area contributed by atoms with Crippen molar-refractivity contribution in [3.8, 4) is 0 Å². The number of aromatic nitrogens is 1. The van der Waals surface area contributed by atoms with Crippen molar-refractivity contribution in [2.45, 2.75) is 6.92 Å². The second-order valence-electron chi connectivity index (χ2n) is 4.68. The number of carbonyl (C=O) groups excluding carboxylic acids is 3. The van der Waals surface area contributed by atoms with Gasteiger partial charge in [-0.25, -0.2) is 9.88 Å². The average molecular weight is 281 g/mol. The lowest BCUT2D eigenvalue weighted by Gasteiger charge is -2.12. The Morgan fingerprint density at radius 2 is 1.81 bits per heavy atom. The molecule has 0 aliphatic carbocycles. The molecule has 0 radical (unpaired) electrons. The van der Waals surface area contributed by atoms with Crippen molar-refractivity contribution in [1.82, 2.24) is 4.98 Å². The lowest BCUT2D eigenvalue weighted by molar-refractivity contribution is -0.255. The summed E-state index contributed by atoms with van der Waals surface area (Å²) in [6.45, 7) is 1.82. The SMILES string of the molecule is Cc1ccnc(N2C(=O)c3ccc(C(=O)[O-])cc3C2=O)c1. The van der Waals surface area contributed by atoms with E-state index < -0.39 is 17.8 Å². The molecule has 0 N–H and O–H groups in total. The Bertz CT molecular complexity index is 798. The highest BCUT2D eigenvalue weighted by molar-refractivity contribution is 6.34. The number of aromatic carboxylic acids is 1. The number of anilines is 1. The fourth-order valence-corrected chi connectivity index (χ4v) is 2.22. The van der Waals surface area contributed by atoms with Crippen LogP contribution in [0.3, 0.4) is 0 Å². The first-order chi connectivity index (χ1) is 9.99. The third-order valence-corrected chi connectivity index (χ3v) is 3.25. The second kappa shape index (κ2) is 4.52. The Kier molecular flexibility index (Phi) is 2.79. The number of benzene rings is 1. The van der Waals surface area contributed by atoms with Gasteiger partial charge >= 0.3 is 0 Å². The zero-order valence-corrected chi connectivity index (χ0v) is 11.0. The molecule has 3 rings (SSSR count). The topological polar surface area (TPSA) is 90.4 Å². The molecule has 2 heterocycles. The molecule has 0 saturated carbocycles. The van der Waals surface area contributed by atoms with Gasteiger partial charge in [-0.05, 0) is 42.3 Å². The first-order valence-electron chi connectivity index (χ1n) is 6.16. The summed E-state index contributed by atoms with van der Waals surface area (Å²) in [5, 5.41) is 10.9. The number of aryl methyl sites for hydroxylation is 1. The van der Waals surface area contributed by atoms with Crippen LogP contribution in [0.2, 0.25) is 0 Å². The standard InChI is InChI=1S/C15H10N2O4/c1-8-4-5-16-12(6-8)17-13(18)10-3-2-9(15(20)21)7-11(10)14(17)19/h2-7H,1H3,(H,20,21)/p-1. The van der Waals surface area contributed by atoms with Crippen molar-refractivity contribution in [3.05, 3.63) is 58.8 Å². The maximum Gasteiger partial charge on any atom is 0.267 e. The molecule has 6 heteroatoms. The number of hydrogen-bond donors (Lipinski definition) is 0. The van der Waals surface area contributed by atoms with Crippen molar-refractivity contribution in [1.29, 1.82) is 0 Å². The van der Waals surface area contributed by atoms with Crippen LogP contribution in [0.25, 0.3) is 0 Å². The van der Waals surface area contributed by atoms with Crippen LogP contribution in [-0.2, 0) is 0 Å². The van der Waals surface area contributed by atoms with E-state index in [1.807, 2.05) is 6.92 Å². The third-order valence-electron chi connectivity index (χ3n) is 3.25. The summed E-state index contributed by atoms with van der Waals surface area (Å²) in [5.74, 6) is -2.28. The van der Waals surface area contributed by atoms with Gasteiger partial charge in [0.25, 0.3) is 11.8 Å². The lowest BCUT2D eigenvalue weighted by Crippen LogP contribution is -2.30. The van der Waals surface area contributed by atoms with Crippen LogP contribution in [0.4, 0.5) is 5.82 Å². The van der Waals surface area contributed by atoms with Crippen molar-refractivity contribution >= 4 is 23.6 Å². The van der Waals surface area contributed by atoms with Crippen LogP contribution in [0.1, 0.15) is 36.6 Å². The molecule has 0 atom stereocenters. The van der Waals surface area contributed by atoms with E-state index in [9.17, 15) is 19.5 Å². The molecule has 2 amide bonds. The van der Waals surface area contributed by atoms with Crippen LogP contribution >= 0.6 is 0 Å². The highest BCUT2D eigenvalue weighted by Gasteiger charge is 2.37. The van der Waals surface area contributed by atoms with E-state index in [-0.39, 0.29) is 22.5 Å². The number of nitrogens with zero attached hydrogens (tertiary/aromatic N) is 2. The fraction of sp³-hybridized carbons (Fsp3) is 0.0667. The van der Waals surface area contributed by atoms with Gasteiger partial charge in [-0.1, -0.05) is 6.07 Å². The van der Waals surface area contributed by atoms with Crippen molar-refractivity contribution in [2.24, 2.45) is 0 Å². The number of imide groups is 1. The Morgan fingerprint density at radius 3 is 2.48 bits per heavy atom. The Labute approximate surface area is 119 Å². The molecule has 104 valence electrons. The number of hydrogen-bond acceptors (Lipinski definition) is 5. The van der Waals surface area contributed by atoms with E-state index >= 15 is 0 Å². The molecular weight excluding hydrogens is 272 g/mol. The zero-order chi connectivity index (χ0) is 15.1. The Hall–Kier alpha value is -3.02. The quantitative estimate of drug-likeness (QED) is 0.750. The summed E-state index contributed by atoms with van der Waals surface area (Å²) in [4.78, 5) is 40.5. The average Bonchev–Trinajstić information content (AvgIpc) is 2.70. The minimum absolute atomic E-state index is 0.0463. The van der Waals surface area contributed by atoms with Gasteiger partial charge in [-0.15, -0.1) is 0 Å². The summed E-state index contributed by atoms with van der Waals surface area (Å²) in [7, 11) is 0. The third kappa shape index (κ3) is 1.97. The summed E-state index contributed by atoms with van der Waals surface area (Å²) >= 11 is 0. The van der Waals surface area contributed by atoms with Crippen molar-refractivity contribution in [2.75, 3.05) is 4.90 Å². The molecule has 0 bridgehead atoms. The monoisotopic (exact) mass is 281 g/mol. The Morgan fingerprint density at radius 1 is 1.10 bits per heavy atom. The number of pyridine rings is 1. The molecule has 1 aliphatic rings. The lowest BCUT2D eigenvalue weighted by atomic mass is 10.1. The summed E-state index contributed by atoms with van der Waals surface area (Å²) in [5.41, 5.74) is 0.916. The number of carbonyl (C=O) groups is 3. The predicted molar refractivity (Wildman–Crippen MR) is 70.9 cm³/mol. The van der Waals surface area contributed by atoms with Gasteiger partial charge < -0.3 is 9.90 Å². The van der Waals surface area contributed by atoms with Gasteiger partial charge in [0.05, 0.1) is 17.1 Å². The van der Waals surface area contributed by atoms with Crippen LogP contribution in [0, 0.1) is 6.92 Å². The molecule has 6 nitrogen and oxygen atoms in total. The van der Waals surface area contributed by atoms with Gasteiger partial charge in [-0.3, -0.25) is 9.59 Å². The molecule has 1 aromatic carbocycles. The highest BCUT2D eigenvalue weighted by Crippen LogP contribution is 2.28. The van der Waals surface area contributed by atoms with Gasteiger partial charge in [0.15, 0.2) is 0 Å². The molecule has 1 aliphatic heterocycles. The van der Waals surface area contributed by atoms with Crippen molar-refractivity contribution < 1.29 is 19.5 Å². The molecule has 21 heavy (non-hydrogen) atoms. The molecule has 0 saturated heterocycles.